The summed E-state index contributed by atoms with van der Waals surface area (Å²) in [4.78, 5) is 17.0. The lowest BCUT2D eigenvalue weighted by molar-refractivity contribution is -0.120. The topological polar surface area (TPSA) is 46.9 Å². The van der Waals surface area contributed by atoms with Crippen LogP contribution in [-0.4, -0.2) is 20.7 Å². The van der Waals surface area contributed by atoms with Crippen molar-refractivity contribution in [2.24, 2.45) is 0 Å². The number of aryl methyl sites for hydroxylation is 1. The van der Waals surface area contributed by atoms with Crippen molar-refractivity contribution in [1.82, 2.24) is 14.9 Å². The summed E-state index contributed by atoms with van der Waals surface area (Å²) in [6.07, 6.45) is 3.62. The van der Waals surface area contributed by atoms with Crippen molar-refractivity contribution in [2.75, 3.05) is 0 Å². The van der Waals surface area contributed by atoms with Crippen molar-refractivity contribution in [3.63, 3.8) is 0 Å². The van der Waals surface area contributed by atoms with Crippen LogP contribution in [0.3, 0.4) is 0 Å². The maximum atomic E-state index is 13.1. The van der Waals surface area contributed by atoms with Crippen LogP contribution in [0, 0.1) is 12.7 Å². The van der Waals surface area contributed by atoms with Gasteiger partial charge >= 0.3 is 0 Å². The van der Waals surface area contributed by atoms with E-state index in [1.54, 1.807) is 18.3 Å². The molecule has 1 amide bonds. The first-order chi connectivity index (χ1) is 12.9. The predicted molar refractivity (Wildman–Crippen MR) is 107 cm³/mol. The summed E-state index contributed by atoms with van der Waals surface area (Å²) in [6, 6.07) is 14.1. The fraction of sp³-hybridized carbons (Fsp3) is 0.238. The summed E-state index contributed by atoms with van der Waals surface area (Å²) < 4.78 is 15.0. The number of rotatable bonds is 6. The quantitative estimate of drug-likeness (QED) is 0.629. The average Bonchev–Trinajstić information content (AvgIpc) is 3.10. The van der Waals surface area contributed by atoms with Crippen molar-refractivity contribution < 1.29 is 9.18 Å². The lowest BCUT2D eigenvalue weighted by atomic mass is 10.1. The van der Waals surface area contributed by atoms with Crippen LogP contribution in [0.15, 0.2) is 66.1 Å². The monoisotopic (exact) mass is 383 g/mol. The molecule has 2 unspecified atom stereocenters. The van der Waals surface area contributed by atoms with E-state index in [2.05, 4.69) is 16.4 Å². The number of halogens is 1. The summed E-state index contributed by atoms with van der Waals surface area (Å²) >= 11 is 1.41. The number of hydrogen-bond acceptors (Lipinski definition) is 3. The molecule has 0 aliphatic carbocycles. The highest BCUT2D eigenvalue weighted by atomic mass is 32.2. The Labute approximate surface area is 162 Å². The number of benzene rings is 2. The molecule has 0 aliphatic heterocycles. The van der Waals surface area contributed by atoms with E-state index in [1.807, 2.05) is 49.7 Å². The molecule has 2 atom stereocenters. The average molecular weight is 383 g/mol. The van der Waals surface area contributed by atoms with Crippen LogP contribution < -0.4 is 5.32 Å². The van der Waals surface area contributed by atoms with Gasteiger partial charge in [-0.25, -0.2) is 9.37 Å². The van der Waals surface area contributed by atoms with Gasteiger partial charge < -0.3 is 5.32 Å². The first kappa shape index (κ1) is 19.2. The first-order valence-corrected chi connectivity index (χ1v) is 9.65. The molecule has 0 aliphatic rings. The third-order valence-corrected chi connectivity index (χ3v) is 5.35. The molecule has 0 radical (unpaired) electrons. The highest BCUT2D eigenvalue weighted by Gasteiger charge is 2.20. The van der Waals surface area contributed by atoms with Crippen LogP contribution in [0.4, 0.5) is 4.39 Å². The molecule has 1 aromatic heterocycles. The zero-order valence-electron chi connectivity index (χ0n) is 15.5. The molecule has 4 nitrogen and oxygen atoms in total. The second kappa shape index (κ2) is 8.39. The molecule has 1 heterocycles. The molecule has 3 aromatic rings. The van der Waals surface area contributed by atoms with Crippen molar-refractivity contribution in [1.29, 1.82) is 0 Å². The number of carbonyl (C=O) groups is 1. The molecular weight excluding hydrogens is 361 g/mol. The molecular formula is C21H22FN3OS. The molecule has 0 bridgehead atoms. The van der Waals surface area contributed by atoms with Gasteiger partial charge in [-0.2, -0.15) is 0 Å². The van der Waals surface area contributed by atoms with E-state index in [4.69, 9.17) is 0 Å². The summed E-state index contributed by atoms with van der Waals surface area (Å²) in [5.41, 5.74) is 3.04. The third kappa shape index (κ3) is 4.77. The second-order valence-electron chi connectivity index (χ2n) is 6.46. The summed E-state index contributed by atoms with van der Waals surface area (Å²) in [5, 5.41) is 3.42. The van der Waals surface area contributed by atoms with Crippen LogP contribution in [-0.2, 0) is 4.79 Å². The molecule has 0 spiro atoms. The molecule has 0 saturated heterocycles. The third-order valence-electron chi connectivity index (χ3n) is 4.27. The zero-order chi connectivity index (χ0) is 19.4. The van der Waals surface area contributed by atoms with Crippen LogP contribution >= 0.6 is 11.8 Å². The van der Waals surface area contributed by atoms with Gasteiger partial charge in [0.15, 0.2) is 5.16 Å². The lowest BCUT2D eigenvalue weighted by Gasteiger charge is -2.18. The van der Waals surface area contributed by atoms with E-state index in [9.17, 15) is 9.18 Å². The van der Waals surface area contributed by atoms with Gasteiger partial charge in [0.25, 0.3) is 0 Å². The number of hydrogen-bond donors (Lipinski definition) is 1. The molecule has 2 aromatic carbocycles. The van der Waals surface area contributed by atoms with Gasteiger partial charge in [-0.1, -0.05) is 36.0 Å². The van der Waals surface area contributed by atoms with Crippen LogP contribution in [0.25, 0.3) is 5.69 Å². The van der Waals surface area contributed by atoms with Crippen molar-refractivity contribution in [3.8, 4) is 5.69 Å². The van der Waals surface area contributed by atoms with Gasteiger partial charge in [0.05, 0.1) is 11.3 Å². The van der Waals surface area contributed by atoms with E-state index in [-0.39, 0.29) is 23.0 Å². The minimum Gasteiger partial charge on any atom is -0.349 e. The number of aromatic nitrogens is 2. The van der Waals surface area contributed by atoms with Crippen LogP contribution in [0.1, 0.15) is 31.0 Å². The highest BCUT2D eigenvalue weighted by Crippen LogP contribution is 2.25. The Balaban J connectivity index is 1.67. The Morgan fingerprint density at radius 3 is 2.63 bits per heavy atom. The summed E-state index contributed by atoms with van der Waals surface area (Å²) in [5.74, 6) is -0.375. The molecule has 140 valence electrons. The number of nitrogens with one attached hydrogen (secondary N) is 1. The van der Waals surface area contributed by atoms with Crippen molar-refractivity contribution >= 4 is 17.7 Å². The van der Waals surface area contributed by atoms with Gasteiger partial charge in [-0.15, -0.1) is 0 Å². The normalized spacial score (nSPS) is 13.2. The van der Waals surface area contributed by atoms with Gasteiger partial charge in [0.1, 0.15) is 5.82 Å². The Bertz CT molecular complexity index is 923. The lowest BCUT2D eigenvalue weighted by Crippen LogP contribution is -2.33. The largest absolute Gasteiger partial charge is 0.349 e. The van der Waals surface area contributed by atoms with Crippen LogP contribution in [0.5, 0.6) is 0 Å². The van der Waals surface area contributed by atoms with E-state index in [0.29, 0.717) is 0 Å². The summed E-state index contributed by atoms with van der Waals surface area (Å²) in [7, 11) is 0. The number of carbonyl (C=O) groups excluding carboxylic acids is 1. The van der Waals surface area contributed by atoms with Gasteiger partial charge in [-0.05, 0) is 56.2 Å². The SMILES string of the molecule is Cc1cccc(-n2ccnc2SC(C)C(=O)NC(C)c2ccc(F)cc2)c1. The van der Waals surface area contributed by atoms with Crippen molar-refractivity contribution in [3.05, 3.63) is 77.9 Å². The number of nitrogens with zero attached hydrogens (tertiary/aromatic N) is 2. The smallest absolute Gasteiger partial charge is 0.233 e. The second-order valence-corrected chi connectivity index (χ2v) is 7.77. The Morgan fingerprint density at radius 1 is 1.19 bits per heavy atom. The highest BCUT2D eigenvalue weighted by molar-refractivity contribution is 8.00. The fourth-order valence-electron chi connectivity index (χ4n) is 2.73. The molecule has 3 rings (SSSR count). The molecule has 0 fully saturated rings. The summed E-state index contributed by atoms with van der Waals surface area (Å²) in [6.45, 7) is 5.78. The molecule has 1 N–H and O–H groups in total. The molecule has 0 saturated carbocycles. The van der Waals surface area contributed by atoms with E-state index >= 15 is 0 Å². The maximum absolute atomic E-state index is 13.1. The number of imidazole rings is 1. The molecule has 27 heavy (non-hydrogen) atoms. The predicted octanol–water partition coefficient (Wildman–Crippen LogP) is 4.68. The Morgan fingerprint density at radius 2 is 1.93 bits per heavy atom. The van der Waals surface area contributed by atoms with E-state index < -0.39 is 0 Å². The first-order valence-electron chi connectivity index (χ1n) is 8.77. The Hall–Kier alpha value is -2.60. The van der Waals surface area contributed by atoms with Gasteiger partial charge in [0.2, 0.25) is 5.91 Å². The minimum absolute atomic E-state index is 0.0874. The number of amides is 1. The molecule has 6 heteroatoms. The zero-order valence-corrected chi connectivity index (χ0v) is 16.3. The minimum atomic E-state index is -0.321. The van der Waals surface area contributed by atoms with E-state index in [1.165, 1.54) is 23.9 Å². The maximum Gasteiger partial charge on any atom is 0.233 e. The van der Waals surface area contributed by atoms with Crippen LogP contribution in [0.2, 0.25) is 0 Å². The van der Waals surface area contributed by atoms with Gasteiger partial charge in [-0.3, -0.25) is 9.36 Å². The van der Waals surface area contributed by atoms with Gasteiger partial charge in [0, 0.05) is 18.1 Å². The Kier molecular flexibility index (Phi) is 5.96. The fourth-order valence-corrected chi connectivity index (χ4v) is 3.62. The number of thioether (sulfide) groups is 1. The van der Waals surface area contributed by atoms with Crippen molar-refractivity contribution in [2.45, 2.75) is 37.2 Å². The standard InChI is InChI=1S/C21H22FN3OS/c1-14-5-4-6-19(13-14)25-12-11-23-21(25)27-16(3)20(26)24-15(2)17-7-9-18(22)10-8-17/h4-13,15-16H,1-3H3,(H,24,26). The van der Waals surface area contributed by atoms with E-state index in [0.717, 1.165) is 22.0 Å².